The van der Waals surface area contributed by atoms with Gasteiger partial charge in [-0.25, -0.2) is 14.4 Å². The largest absolute Gasteiger partial charge is 0.277 e. The highest BCUT2D eigenvalue weighted by Crippen LogP contribution is 2.40. The van der Waals surface area contributed by atoms with Gasteiger partial charge in [0.2, 0.25) is 3.79 Å². The number of nitrogens with zero attached hydrogens (tertiary/aromatic N) is 3. The number of fused-ring (bicyclic) bond motifs is 1. The molecule has 0 saturated heterocycles. The lowest BCUT2D eigenvalue weighted by Crippen LogP contribution is -2.11. The summed E-state index contributed by atoms with van der Waals surface area (Å²) in [5, 5.41) is 0.00608. The highest BCUT2D eigenvalue weighted by Gasteiger charge is 2.31. The predicted molar refractivity (Wildman–Crippen MR) is 83.1 cm³/mol. The fourth-order valence-corrected chi connectivity index (χ4v) is 2.47. The highest BCUT2D eigenvalue weighted by molar-refractivity contribution is 6.66. The number of halogens is 5. The van der Waals surface area contributed by atoms with Crippen LogP contribution in [-0.2, 0) is 3.79 Å². The molecule has 0 fully saturated rings. The zero-order valence-corrected chi connectivity index (χ0v) is 13.2. The van der Waals surface area contributed by atoms with E-state index in [-0.39, 0.29) is 10.8 Å². The number of benzene rings is 1. The molecule has 2 heterocycles. The maximum Gasteiger partial charge on any atom is 0.248 e. The SMILES string of the molecule is Fc1cc(-n2c(C(Cl)(Cl)Cl)nc3cccnc32)ccc1Cl. The molecule has 0 spiro atoms. The van der Waals surface area contributed by atoms with E-state index in [1.807, 2.05) is 0 Å². The van der Waals surface area contributed by atoms with Crippen LogP contribution in [0.4, 0.5) is 4.39 Å². The molecule has 0 aliphatic carbocycles. The van der Waals surface area contributed by atoms with Gasteiger partial charge in [-0.3, -0.25) is 4.57 Å². The minimum absolute atomic E-state index is 0.00608. The summed E-state index contributed by atoms with van der Waals surface area (Å²) in [7, 11) is 0. The smallest absolute Gasteiger partial charge is 0.248 e. The molecule has 21 heavy (non-hydrogen) atoms. The Morgan fingerprint density at radius 2 is 1.90 bits per heavy atom. The lowest BCUT2D eigenvalue weighted by atomic mass is 10.3. The summed E-state index contributed by atoms with van der Waals surface area (Å²) < 4.78 is 13.4. The van der Waals surface area contributed by atoms with Crippen molar-refractivity contribution < 1.29 is 4.39 Å². The van der Waals surface area contributed by atoms with Crippen LogP contribution < -0.4 is 0 Å². The van der Waals surface area contributed by atoms with Crippen molar-refractivity contribution >= 4 is 57.6 Å². The number of rotatable bonds is 1. The number of aromatic nitrogens is 3. The van der Waals surface area contributed by atoms with Crippen molar-refractivity contribution in [3.8, 4) is 5.69 Å². The molecule has 1 aromatic carbocycles. The Kier molecular flexibility index (Phi) is 3.74. The molecule has 0 unspecified atom stereocenters. The van der Waals surface area contributed by atoms with E-state index in [4.69, 9.17) is 46.4 Å². The molecule has 3 rings (SSSR count). The van der Waals surface area contributed by atoms with Gasteiger partial charge in [-0.05, 0) is 30.3 Å². The Labute approximate surface area is 139 Å². The second-order valence-corrected chi connectivity index (χ2v) is 6.90. The van der Waals surface area contributed by atoms with Gasteiger partial charge >= 0.3 is 0 Å². The molecule has 3 nitrogen and oxygen atoms in total. The van der Waals surface area contributed by atoms with Crippen LogP contribution in [0.25, 0.3) is 16.9 Å². The van der Waals surface area contributed by atoms with E-state index >= 15 is 0 Å². The lowest BCUT2D eigenvalue weighted by molar-refractivity contribution is 0.627. The van der Waals surface area contributed by atoms with E-state index in [1.165, 1.54) is 16.7 Å². The Hall–Kier alpha value is -1.07. The monoisotopic (exact) mass is 363 g/mol. The highest BCUT2D eigenvalue weighted by atomic mass is 35.6. The van der Waals surface area contributed by atoms with Gasteiger partial charge in [0, 0.05) is 6.20 Å². The molecule has 108 valence electrons. The van der Waals surface area contributed by atoms with Crippen molar-refractivity contribution in [3.63, 3.8) is 0 Å². The van der Waals surface area contributed by atoms with Crippen molar-refractivity contribution in [2.24, 2.45) is 0 Å². The first-order chi connectivity index (χ1) is 9.88. The van der Waals surface area contributed by atoms with Crippen LogP contribution in [0.5, 0.6) is 0 Å². The number of hydrogen-bond donors (Lipinski definition) is 0. The summed E-state index contributed by atoms with van der Waals surface area (Å²) in [6, 6.07) is 7.69. The summed E-state index contributed by atoms with van der Waals surface area (Å²) in [5.41, 5.74) is 1.41. The Morgan fingerprint density at radius 1 is 1.14 bits per heavy atom. The number of alkyl halides is 3. The molecule has 8 heteroatoms. The van der Waals surface area contributed by atoms with E-state index in [0.717, 1.165) is 0 Å². The molecular weight excluding hydrogens is 359 g/mol. The van der Waals surface area contributed by atoms with Crippen molar-refractivity contribution in [3.05, 3.63) is 53.2 Å². The summed E-state index contributed by atoms with van der Waals surface area (Å²) in [5.74, 6) is -0.454. The molecule has 0 aliphatic rings. The molecule has 0 aliphatic heterocycles. The van der Waals surface area contributed by atoms with Crippen LogP contribution >= 0.6 is 46.4 Å². The fraction of sp³-hybridized carbons (Fsp3) is 0.0769. The Morgan fingerprint density at radius 3 is 2.57 bits per heavy atom. The standard InChI is InChI=1S/C13H6Cl4FN3/c14-8-4-3-7(6-9(8)18)21-11-10(2-1-5-19-11)20-12(21)13(15,16)17/h1-6H. The zero-order valence-electron chi connectivity index (χ0n) is 10.2. The molecule has 2 aromatic heterocycles. The third-order valence-electron chi connectivity index (χ3n) is 2.83. The number of pyridine rings is 1. The third-order valence-corrected chi connectivity index (χ3v) is 3.64. The average molecular weight is 365 g/mol. The molecule has 3 aromatic rings. The van der Waals surface area contributed by atoms with E-state index in [2.05, 4.69) is 9.97 Å². The summed E-state index contributed by atoms with van der Waals surface area (Å²) >= 11 is 23.6. The van der Waals surface area contributed by atoms with E-state index in [1.54, 1.807) is 24.4 Å². The lowest BCUT2D eigenvalue weighted by Gasteiger charge is -2.14. The van der Waals surface area contributed by atoms with Gasteiger partial charge in [-0.2, -0.15) is 0 Å². The van der Waals surface area contributed by atoms with Crippen LogP contribution in [0.1, 0.15) is 5.82 Å². The summed E-state index contributed by atoms with van der Waals surface area (Å²) in [6.45, 7) is 0. The molecule has 0 N–H and O–H groups in total. The quantitative estimate of drug-likeness (QED) is 0.566. The van der Waals surface area contributed by atoms with Crippen molar-refractivity contribution in [1.29, 1.82) is 0 Å². The van der Waals surface area contributed by atoms with Crippen molar-refractivity contribution in [2.45, 2.75) is 3.79 Å². The molecular formula is C13H6Cl4FN3. The van der Waals surface area contributed by atoms with Gasteiger partial charge in [0.1, 0.15) is 11.3 Å². The van der Waals surface area contributed by atoms with Gasteiger partial charge in [0.25, 0.3) is 0 Å². The Bertz CT molecular complexity index is 826. The van der Waals surface area contributed by atoms with E-state index < -0.39 is 9.61 Å². The van der Waals surface area contributed by atoms with Crippen LogP contribution in [0.15, 0.2) is 36.5 Å². The van der Waals surface area contributed by atoms with Crippen LogP contribution in [0.2, 0.25) is 5.02 Å². The average Bonchev–Trinajstić information content (AvgIpc) is 2.81. The normalized spacial score (nSPS) is 12.0. The van der Waals surface area contributed by atoms with Crippen LogP contribution in [0, 0.1) is 5.82 Å². The minimum Gasteiger partial charge on any atom is -0.277 e. The summed E-state index contributed by atoms with van der Waals surface area (Å²) in [6.07, 6.45) is 1.58. The van der Waals surface area contributed by atoms with Gasteiger partial charge in [-0.1, -0.05) is 46.4 Å². The van der Waals surface area contributed by atoms with Crippen LogP contribution in [0.3, 0.4) is 0 Å². The van der Waals surface area contributed by atoms with Crippen molar-refractivity contribution in [2.75, 3.05) is 0 Å². The maximum absolute atomic E-state index is 13.7. The predicted octanol–water partition coefficient (Wildman–Crippen LogP) is 5.04. The zero-order chi connectivity index (χ0) is 15.2. The van der Waals surface area contributed by atoms with Gasteiger partial charge in [-0.15, -0.1) is 0 Å². The molecule has 0 radical (unpaired) electrons. The van der Waals surface area contributed by atoms with E-state index in [0.29, 0.717) is 16.9 Å². The van der Waals surface area contributed by atoms with Crippen LogP contribution in [-0.4, -0.2) is 14.5 Å². The first kappa shape index (κ1) is 14.9. The van der Waals surface area contributed by atoms with Crippen molar-refractivity contribution in [1.82, 2.24) is 14.5 Å². The van der Waals surface area contributed by atoms with Gasteiger partial charge in [0.05, 0.1) is 10.7 Å². The number of hydrogen-bond acceptors (Lipinski definition) is 2. The molecule has 0 bridgehead atoms. The first-order valence-electron chi connectivity index (χ1n) is 5.74. The van der Waals surface area contributed by atoms with E-state index in [9.17, 15) is 4.39 Å². The maximum atomic E-state index is 13.7. The first-order valence-corrected chi connectivity index (χ1v) is 7.25. The third kappa shape index (κ3) is 2.69. The topological polar surface area (TPSA) is 30.7 Å². The molecule has 0 amide bonds. The second kappa shape index (κ2) is 5.29. The Balaban J connectivity index is 2.36. The fourth-order valence-electron chi connectivity index (χ4n) is 1.97. The number of imidazole rings is 1. The summed E-state index contributed by atoms with van der Waals surface area (Å²) in [4.78, 5) is 8.47. The van der Waals surface area contributed by atoms with Gasteiger partial charge in [0.15, 0.2) is 11.5 Å². The van der Waals surface area contributed by atoms with Gasteiger partial charge < -0.3 is 0 Å². The molecule has 0 atom stereocenters. The second-order valence-electron chi connectivity index (χ2n) is 4.21. The minimum atomic E-state index is -1.78. The molecule has 0 saturated carbocycles.